The summed E-state index contributed by atoms with van der Waals surface area (Å²) < 4.78 is 6.85. The van der Waals surface area contributed by atoms with Gasteiger partial charge in [-0.1, -0.05) is 35.1 Å². The number of halogens is 1. The van der Waals surface area contributed by atoms with Crippen molar-refractivity contribution in [2.45, 2.75) is 6.42 Å². The highest BCUT2D eigenvalue weighted by atomic mass is 35.5. The topological polar surface area (TPSA) is 45.7 Å². The van der Waals surface area contributed by atoms with E-state index in [4.69, 9.17) is 16.3 Å². The van der Waals surface area contributed by atoms with Gasteiger partial charge >= 0.3 is 0 Å². The predicted molar refractivity (Wildman–Crippen MR) is 109 cm³/mol. The number of nitrogens with zero attached hydrogens (tertiary/aromatic N) is 3. The molecule has 0 radical (unpaired) electrons. The van der Waals surface area contributed by atoms with Crippen molar-refractivity contribution in [2.24, 2.45) is 0 Å². The summed E-state index contributed by atoms with van der Waals surface area (Å²) >= 11 is 7.47. The molecule has 1 aliphatic rings. The maximum atomic E-state index is 12.4. The van der Waals surface area contributed by atoms with Crippen LogP contribution in [0.25, 0.3) is 10.2 Å². The largest absolute Gasteiger partial charge is 0.431 e. The maximum Gasteiger partial charge on any atom is 0.279 e. The summed E-state index contributed by atoms with van der Waals surface area (Å²) in [5.74, 6) is 0.885. The van der Waals surface area contributed by atoms with E-state index in [0.717, 1.165) is 42.0 Å². The van der Waals surface area contributed by atoms with Gasteiger partial charge in [-0.3, -0.25) is 4.79 Å². The lowest BCUT2D eigenvalue weighted by atomic mass is 10.1. The van der Waals surface area contributed by atoms with Crippen LogP contribution in [0.1, 0.15) is 5.56 Å². The van der Waals surface area contributed by atoms with Crippen LogP contribution in [-0.2, 0) is 11.2 Å². The standard InChI is InChI=1S/C20H20ClN3O2S/c1-23-8-10-24(11-9-23)19(25)12-14-2-5-16(6-3-14)26-20-22-17-7-4-15(21)13-18(17)27-20/h2-7,13H,8-12H2,1H3. The van der Waals surface area contributed by atoms with E-state index in [2.05, 4.69) is 16.9 Å². The number of rotatable bonds is 4. The Morgan fingerprint density at radius 1 is 1.15 bits per heavy atom. The summed E-state index contributed by atoms with van der Waals surface area (Å²) in [4.78, 5) is 21.1. The average molecular weight is 402 g/mol. The van der Waals surface area contributed by atoms with Crippen molar-refractivity contribution in [3.05, 3.63) is 53.1 Å². The van der Waals surface area contributed by atoms with Crippen LogP contribution in [0.3, 0.4) is 0 Å². The number of amides is 1. The second-order valence-corrected chi connectivity index (χ2v) is 8.13. The first-order chi connectivity index (χ1) is 13.1. The lowest BCUT2D eigenvalue weighted by Crippen LogP contribution is -2.47. The molecule has 0 spiro atoms. The number of benzene rings is 2. The van der Waals surface area contributed by atoms with E-state index >= 15 is 0 Å². The number of carbonyl (C=O) groups excluding carboxylic acids is 1. The van der Waals surface area contributed by atoms with Crippen molar-refractivity contribution in [2.75, 3.05) is 33.2 Å². The first kappa shape index (κ1) is 18.2. The molecule has 1 amide bonds. The van der Waals surface area contributed by atoms with Crippen molar-refractivity contribution in [3.8, 4) is 10.9 Å². The highest BCUT2D eigenvalue weighted by Crippen LogP contribution is 2.32. The van der Waals surface area contributed by atoms with E-state index in [1.807, 2.05) is 47.4 Å². The van der Waals surface area contributed by atoms with Crippen molar-refractivity contribution >= 4 is 39.1 Å². The number of ether oxygens (including phenoxy) is 1. The summed E-state index contributed by atoms with van der Waals surface area (Å²) in [6.07, 6.45) is 0.420. The van der Waals surface area contributed by atoms with Gasteiger partial charge in [0.1, 0.15) is 5.75 Å². The molecule has 7 heteroatoms. The summed E-state index contributed by atoms with van der Waals surface area (Å²) in [5, 5.41) is 1.26. The number of carbonyl (C=O) groups is 1. The SMILES string of the molecule is CN1CCN(C(=O)Cc2ccc(Oc3nc4ccc(Cl)cc4s3)cc2)CC1. The fourth-order valence-electron chi connectivity index (χ4n) is 3.04. The Morgan fingerprint density at radius 2 is 1.89 bits per heavy atom. The second-order valence-electron chi connectivity index (χ2n) is 6.70. The van der Waals surface area contributed by atoms with Crippen LogP contribution in [0.4, 0.5) is 0 Å². The number of piperazine rings is 1. The summed E-state index contributed by atoms with van der Waals surface area (Å²) in [5.41, 5.74) is 1.86. The van der Waals surface area contributed by atoms with Gasteiger partial charge in [-0.2, -0.15) is 0 Å². The van der Waals surface area contributed by atoms with Gasteiger partial charge in [-0.25, -0.2) is 4.98 Å². The molecule has 0 saturated carbocycles. The van der Waals surface area contributed by atoms with Gasteiger partial charge in [-0.15, -0.1) is 0 Å². The summed E-state index contributed by atoms with van der Waals surface area (Å²) in [7, 11) is 2.08. The van der Waals surface area contributed by atoms with Crippen molar-refractivity contribution < 1.29 is 9.53 Å². The molecule has 0 aliphatic carbocycles. The molecular formula is C20H20ClN3O2S. The molecule has 27 heavy (non-hydrogen) atoms. The molecule has 140 valence electrons. The first-order valence-electron chi connectivity index (χ1n) is 8.86. The molecule has 1 aromatic heterocycles. The third-order valence-electron chi connectivity index (χ3n) is 4.67. The molecule has 0 atom stereocenters. The lowest BCUT2D eigenvalue weighted by molar-refractivity contribution is -0.132. The molecule has 0 bridgehead atoms. The number of likely N-dealkylation sites (N-methyl/N-ethyl adjacent to an activating group) is 1. The van der Waals surface area contributed by atoms with Gasteiger partial charge in [0.2, 0.25) is 5.91 Å². The fourth-order valence-corrected chi connectivity index (χ4v) is 4.15. The lowest BCUT2D eigenvalue weighted by Gasteiger charge is -2.32. The minimum Gasteiger partial charge on any atom is -0.431 e. The second kappa shape index (κ2) is 7.84. The number of thiazole rings is 1. The molecular weight excluding hydrogens is 382 g/mol. The Labute approximate surface area is 167 Å². The maximum absolute atomic E-state index is 12.4. The van der Waals surface area contributed by atoms with Crippen LogP contribution in [0.15, 0.2) is 42.5 Å². The zero-order valence-corrected chi connectivity index (χ0v) is 16.6. The average Bonchev–Trinajstić information content (AvgIpc) is 3.05. The zero-order valence-electron chi connectivity index (χ0n) is 15.0. The Bertz CT molecular complexity index is 950. The normalized spacial score (nSPS) is 15.3. The van der Waals surface area contributed by atoms with E-state index in [1.165, 1.54) is 11.3 Å². The van der Waals surface area contributed by atoms with E-state index in [1.54, 1.807) is 0 Å². The van der Waals surface area contributed by atoms with E-state index in [9.17, 15) is 4.79 Å². The Morgan fingerprint density at radius 3 is 2.63 bits per heavy atom. The summed E-state index contributed by atoms with van der Waals surface area (Å²) in [6, 6.07) is 13.2. The molecule has 1 fully saturated rings. The fraction of sp³-hybridized carbons (Fsp3) is 0.300. The molecule has 2 heterocycles. The third-order valence-corrected chi connectivity index (χ3v) is 5.80. The highest BCUT2D eigenvalue weighted by molar-refractivity contribution is 7.20. The molecule has 5 nitrogen and oxygen atoms in total. The smallest absolute Gasteiger partial charge is 0.279 e. The molecule has 3 aromatic rings. The molecule has 1 saturated heterocycles. The van der Waals surface area contributed by atoms with Gasteiger partial charge in [0, 0.05) is 31.2 Å². The quantitative estimate of drug-likeness (QED) is 0.661. The Hall–Kier alpha value is -2.15. The first-order valence-corrected chi connectivity index (χ1v) is 10.1. The van der Waals surface area contributed by atoms with E-state index in [0.29, 0.717) is 22.4 Å². The van der Waals surface area contributed by atoms with Crippen LogP contribution in [0.5, 0.6) is 10.9 Å². The van der Waals surface area contributed by atoms with Gasteiger partial charge < -0.3 is 14.5 Å². The minimum atomic E-state index is 0.180. The predicted octanol–water partition coefficient (Wildman–Crippen LogP) is 4.06. The Kier molecular flexibility index (Phi) is 5.29. The number of hydrogen-bond donors (Lipinski definition) is 0. The van der Waals surface area contributed by atoms with E-state index in [-0.39, 0.29) is 5.91 Å². The summed E-state index contributed by atoms with van der Waals surface area (Å²) in [6.45, 7) is 3.48. The zero-order chi connectivity index (χ0) is 18.8. The Balaban J connectivity index is 1.38. The molecule has 4 rings (SSSR count). The van der Waals surface area contributed by atoms with Crippen LogP contribution >= 0.6 is 22.9 Å². The molecule has 0 unspecified atom stereocenters. The van der Waals surface area contributed by atoms with Gasteiger partial charge in [0.15, 0.2) is 0 Å². The van der Waals surface area contributed by atoms with Crippen LogP contribution < -0.4 is 4.74 Å². The van der Waals surface area contributed by atoms with Gasteiger partial charge in [-0.05, 0) is 42.9 Å². The number of aromatic nitrogens is 1. The monoisotopic (exact) mass is 401 g/mol. The molecule has 2 aromatic carbocycles. The molecule has 0 N–H and O–H groups in total. The van der Waals surface area contributed by atoms with Crippen molar-refractivity contribution in [3.63, 3.8) is 0 Å². The highest BCUT2D eigenvalue weighted by Gasteiger charge is 2.19. The van der Waals surface area contributed by atoms with Crippen LogP contribution in [0.2, 0.25) is 5.02 Å². The molecule has 1 aliphatic heterocycles. The van der Waals surface area contributed by atoms with Crippen molar-refractivity contribution in [1.29, 1.82) is 0 Å². The third kappa shape index (κ3) is 4.40. The number of fused-ring (bicyclic) bond motifs is 1. The van der Waals surface area contributed by atoms with Crippen LogP contribution in [0, 0.1) is 0 Å². The number of hydrogen-bond acceptors (Lipinski definition) is 5. The van der Waals surface area contributed by atoms with Crippen LogP contribution in [-0.4, -0.2) is 53.9 Å². The van der Waals surface area contributed by atoms with E-state index < -0.39 is 0 Å². The van der Waals surface area contributed by atoms with Gasteiger partial charge in [0.05, 0.1) is 16.6 Å². The van der Waals surface area contributed by atoms with Gasteiger partial charge in [0.25, 0.3) is 5.19 Å². The van der Waals surface area contributed by atoms with Crippen molar-refractivity contribution in [1.82, 2.24) is 14.8 Å². The minimum absolute atomic E-state index is 0.180.